The quantitative estimate of drug-likeness (QED) is 0.496. The molecule has 0 aromatic heterocycles. The molecule has 15 heavy (non-hydrogen) atoms. The van der Waals surface area contributed by atoms with Gasteiger partial charge in [-0.25, -0.2) is 0 Å². The van der Waals surface area contributed by atoms with Crippen molar-refractivity contribution in [1.29, 1.82) is 0 Å². The summed E-state index contributed by atoms with van der Waals surface area (Å²) in [7, 11) is 0. The number of hydrogen-bond acceptors (Lipinski definition) is 4. The second-order valence-electron chi connectivity index (χ2n) is 3.59. The molecule has 0 saturated carbocycles. The first-order valence-electron chi connectivity index (χ1n) is 4.49. The minimum absolute atomic E-state index is 0.330. The molecule has 0 aliphatic rings. The van der Waals surface area contributed by atoms with Gasteiger partial charge in [-0.2, -0.15) is 0 Å². The molecule has 0 bridgehead atoms. The summed E-state index contributed by atoms with van der Waals surface area (Å²) in [6.07, 6.45) is 0. The third-order valence-electron chi connectivity index (χ3n) is 2.65. The molecule has 0 atom stereocenters. The maximum Gasteiger partial charge on any atom is 0.219 e. The van der Waals surface area contributed by atoms with Gasteiger partial charge in [-0.3, -0.25) is 9.59 Å². The van der Waals surface area contributed by atoms with Crippen molar-refractivity contribution in [3.63, 3.8) is 0 Å². The Balaban J connectivity index is 3.18. The largest absolute Gasteiger partial charge is 0.410 e. The first-order chi connectivity index (χ1) is 7.06. The van der Waals surface area contributed by atoms with Crippen molar-refractivity contribution >= 4 is 10.8 Å². The maximum atomic E-state index is 11.6. The lowest BCUT2D eigenvalue weighted by atomic mass is 10.1. The Morgan fingerprint density at radius 3 is 1.73 bits per heavy atom. The summed E-state index contributed by atoms with van der Waals surface area (Å²) in [6.45, 7) is 3.73. The molecule has 0 unspecified atom stereocenters. The zero-order chi connectivity index (χ0) is 11.2. The Hall–Kier alpha value is -1.97. The summed E-state index contributed by atoms with van der Waals surface area (Å²) in [5.41, 5.74) is 0.879. The van der Waals surface area contributed by atoms with Crippen LogP contribution in [0.2, 0.25) is 0 Å². The molecule has 4 heteroatoms. The Morgan fingerprint density at radius 2 is 1.40 bits per heavy atom. The highest BCUT2D eigenvalue weighted by Crippen LogP contribution is 2.12. The summed E-state index contributed by atoms with van der Waals surface area (Å²) in [5, 5.41) is 11.6. The third-order valence-corrected chi connectivity index (χ3v) is 2.65. The van der Waals surface area contributed by atoms with Crippen LogP contribution in [-0.2, 0) is 0 Å². The molecule has 0 amide bonds. The molecule has 0 radical (unpaired) electrons. The number of benzene rings is 1. The fourth-order valence-electron chi connectivity index (χ4n) is 1.64. The van der Waals surface area contributed by atoms with E-state index in [1.165, 1.54) is 0 Å². The van der Waals surface area contributed by atoms with E-state index in [0.29, 0.717) is 10.8 Å². The molecule has 2 aromatic carbocycles. The highest BCUT2D eigenvalue weighted by Gasteiger charge is 2.12. The smallest absolute Gasteiger partial charge is 0.219 e. The minimum Gasteiger partial charge on any atom is -0.410 e. The molecule has 2 aromatic rings. The number of hydrogen-bond donors (Lipinski definition) is 1. The summed E-state index contributed by atoms with van der Waals surface area (Å²) in [5.74, 6) is 0. The normalized spacial score (nSPS) is 10.8. The van der Waals surface area contributed by atoms with Gasteiger partial charge in [0.1, 0.15) is 0 Å². The van der Waals surface area contributed by atoms with Crippen molar-refractivity contribution < 1.29 is 5.21 Å². The Kier molecular flexibility index (Phi) is 1.93. The van der Waals surface area contributed by atoms with E-state index in [1.807, 2.05) is 13.8 Å². The fraction of sp³-hybridized carbons (Fsp3) is 0.182. The van der Waals surface area contributed by atoms with Crippen molar-refractivity contribution in [3.8, 4) is 0 Å². The van der Waals surface area contributed by atoms with Gasteiger partial charge in [-0.05, 0) is 37.1 Å². The number of rotatable bonds is 0. The number of nitrogens with zero attached hydrogens (tertiary/aromatic N) is 1. The maximum absolute atomic E-state index is 11.6. The van der Waals surface area contributed by atoms with Gasteiger partial charge in [0.15, 0.2) is 5.36 Å². The van der Waals surface area contributed by atoms with Crippen LogP contribution in [0.1, 0.15) is 11.1 Å². The monoisotopic (exact) mass is 203 g/mol. The molecule has 0 spiro atoms. The SMILES string of the molecule is Cc1cc2c(=O)c(=NO)c(=O)c2cc1C. The van der Waals surface area contributed by atoms with E-state index in [2.05, 4.69) is 5.16 Å². The molecule has 0 fully saturated rings. The second-order valence-corrected chi connectivity index (χ2v) is 3.59. The molecular weight excluding hydrogens is 194 g/mol. The van der Waals surface area contributed by atoms with Crippen LogP contribution in [0, 0.1) is 13.8 Å². The van der Waals surface area contributed by atoms with E-state index >= 15 is 0 Å². The predicted molar refractivity (Wildman–Crippen MR) is 55.7 cm³/mol. The van der Waals surface area contributed by atoms with Crippen LogP contribution in [0.4, 0.5) is 0 Å². The van der Waals surface area contributed by atoms with Crippen molar-refractivity contribution in [2.24, 2.45) is 5.16 Å². The Bertz CT molecular complexity index is 635. The van der Waals surface area contributed by atoms with Crippen LogP contribution in [0.15, 0.2) is 26.9 Å². The lowest BCUT2D eigenvalue weighted by molar-refractivity contribution is 0.301. The molecule has 0 heterocycles. The van der Waals surface area contributed by atoms with Crippen LogP contribution in [-0.4, -0.2) is 5.21 Å². The van der Waals surface area contributed by atoms with Gasteiger partial charge in [-0.15, -0.1) is 0 Å². The van der Waals surface area contributed by atoms with Crippen molar-refractivity contribution in [1.82, 2.24) is 0 Å². The minimum atomic E-state index is -0.499. The first kappa shape index (κ1) is 9.58. The summed E-state index contributed by atoms with van der Waals surface area (Å²) in [4.78, 5) is 23.2. The Morgan fingerprint density at radius 1 is 1.00 bits per heavy atom. The lowest BCUT2D eigenvalue weighted by Crippen LogP contribution is -2.31. The first-order valence-corrected chi connectivity index (χ1v) is 4.49. The molecule has 2 rings (SSSR count). The van der Waals surface area contributed by atoms with Gasteiger partial charge in [0.05, 0.1) is 0 Å². The van der Waals surface area contributed by atoms with Crippen LogP contribution in [0.5, 0.6) is 0 Å². The van der Waals surface area contributed by atoms with Gasteiger partial charge in [0.2, 0.25) is 10.9 Å². The summed E-state index contributed by atoms with van der Waals surface area (Å²) in [6, 6.07) is 3.31. The molecule has 0 saturated heterocycles. The van der Waals surface area contributed by atoms with Crippen LogP contribution in [0.3, 0.4) is 0 Å². The van der Waals surface area contributed by atoms with Gasteiger partial charge in [-0.1, -0.05) is 5.16 Å². The molecule has 0 aliphatic carbocycles. The van der Waals surface area contributed by atoms with E-state index in [1.54, 1.807) is 12.1 Å². The zero-order valence-electron chi connectivity index (χ0n) is 8.37. The van der Waals surface area contributed by atoms with Crippen molar-refractivity contribution in [2.75, 3.05) is 0 Å². The summed E-state index contributed by atoms with van der Waals surface area (Å²) < 4.78 is 0. The van der Waals surface area contributed by atoms with Crippen molar-refractivity contribution in [3.05, 3.63) is 49.1 Å². The average molecular weight is 203 g/mol. The van der Waals surface area contributed by atoms with E-state index in [0.717, 1.165) is 11.1 Å². The van der Waals surface area contributed by atoms with Crippen LogP contribution < -0.4 is 16.2 Å². The lowest BCUT2D eigenvalue weighted by Gasteiger charge is -1.97. The highest BCUT2D eigenvalue weighted by atomic mass is 16.4. The molecule has 4 nitrogen and oxygen atoms in total. The van der Waals surface area contributed by atoms with E-state index in [-0.39, 0.29) is 0 Å². The second kappa shape index (κ2) is 3.02. The van der Waals surface area contributed by atoms with Gasteiger partial charge >= 0.3 is 0 Å². The third kappa shape index (κ3) is 1.18. The highest BCUT2D eigenvalue weighted by molar-refractivity contribution is 5.84. The van der Waals surface area contributed by atoms with E-state index in [4.69, 9.17) is 5.21 Å². The predicted octanol–water partition coefficient (Wildman–Crippen LogP) is 0.343. The topological polar surface area (TPSA) is 66.7 Å². The number of aryl methyl sites for hydroxylation is 2. The molecule has 76 valence electrons. The molecule has 1 N–H and O–H groups in total. The standard InChI is InChI=1S/C11H9NO3/c1-5-3-7-8(4-6(5)2)11(14)9(12-15)10(7)13/h3-4,15H,1-2H3. The van der Waals surface area contributed by atoms with Gasteiger partial charge < -0.3 is 5.21 Å². The zero-order valence-corrected chi connectivity index (χ0v) is 8.37. The molecule has 0 aliphatic heterocycles. The van der Waals surface area contributed by atoms with Gasteiger partial charge in [0, 0.05) is 10.8 Å². The summed E-state index contributed by atoms with van der Waals surface area (Å²) >= 11 is 0. The Labute approximate surface area is 84.8 Å². The molecular formula is C11H9NO3. The van der Waals surface area contributed by atoms with E-state index in [9.17, 15) is 9.59 Å². The fourth-order valence-corrected chi connectivity index (χ4v) is 1.64. The van der Waals surface area contributed by atoms with Crippen molar-refractivity contribution in [2.45, 2.75) is 13.8 Å². The van der Waals surface area contributed by atoms with Gasteiger partial charge in [0.25, 0.3) is 0 Å². The van der Waals surface area contributed by atoms with Crippen LogP contribution >= 0.6 is 0 Å². The van der Waals surface area contributed by atoms with E-state index < -0.39 is 16.2 Å². The number of fused-ring (bicyclic) bond motifs is 1. The van der Waals surface area contributed by atoms with Crippen LogP contribution in [0.25, 0.3) is 10.8 Å². The average Bonchev–Trinajstić information content (AvgIpc) is 2.42.